The number of anilines is 6. The molecule has 0 bridgehead atoms. The molecule has 0 saturated heterocycles. The summed E-state index contributed by atoms with van der Waals surface area (Å²) < 4.78 is 0. The number of phenols is 3. The number of hydrogen-bond donors (Lipinski definition) is 6. The molecule has 128 valence electrons. The van der Waals surface area contributed by atoms with Gasteiger partial charge in [-0.25, -0.2) is 0 Å². The molecule has 0 saturated carbocycles. The Labute approximate surface area is 144 Å². The minimum absolute atomic E-state index is 0.0286. The zero-order valence-corrected chi connectivity index (χ0v) is 13.2. The molecule has 3 aromatic rings. The highest BCUT2D eigenvalue weighted by Crippen LogP contribution is 2.40. The first-order valence-electron chi connectivity index (χ1n) is 7.42. The Balaban J connectivity index is 2.21. The van der Waals surface area contributed by atoms with Gasteiger partial charge in [0.05, 0.1) is 17.1 Å². The highest BCUT2D eigenvalue weighted by atomic mass is 16.3. The zero-order valence-electron chi connectivity index (χ0n) is 13.2. The molecule has 0 radical (unpaired) electrons. The fourth-order valence-corrected chi connectivity index (χ4v) is 2.49. The van der Waals surface area contributed by atoms with Gasteiger partial charge in [0.2, 0.25) is 0 Å². The molecule has 3 rings (SSSR count). The molecule has 9 N–H and O–H groups in total. The number of benzene rings is 3. The number of rotatable bonds is 3. The van der Waals surface area contributed by atoms with Gasteiger partial charge in [0.25, 0.3) is 0 Å². The van der Waals surface area contributed by atoms with Gasteiger partial charge in [-0.2, -0.15) is 0 Å². The average Bonchev–Trinajstić information content (AvgIpc) is 2.57. The number of nitrogens with two attached hydrogens (primary N) is 3. The Kier molecular flexibility index (Phi) is 3.90. The van der Waals surface area contributed by atoms with Crippen LogP contribution >= 0.6 is 0 Å². The molecule has 0 atom stereocenters. The first-order chi connectivity index (χ1) is 11.9. The third-order valence-corrected chi connectivity index (χ3v) is 3.81. The van der Waals surface area contributed by atoms with E-state index in [4.69, 9.17) is 17.2 Å². The van der Waals surface area contributed by atoms with Crippen LogP contribution in [-0.2, 0) is 0 Å². The Morgan fingerprint density at radius 1 is 0.520 bits per heavy atom. The van der Waals surface area contributed by atoms with Crippen molar-refractivity contribution in [2.24, 2.45) is 0 Å². The van der Waals surface area contributed by atoms with E-state index >= 15 is 0 Å². The first-order valence-corrected chi connectivity index (χ1v) is 7.42. The molecule has 0 heterocycles. The summed E-state index contributed by atoms with van der Waals surface area (Å²) in [7, 11) is 0. The van der Waals surface area contributed by atoms with E-state index in [1.165, 1.54) is 18.2 Å². The van der Waals surface area contributed by atoms with Gasteiger partial charge in [0.1, 0.15) is 17.2 Å². The van der Waals surface area contributed by atoms with Gasteiger partial charge in [-0.15, -0.1) is 0 Å². The molecule has 0 amide bonds. The van der Waals surface area contributed by atoms with Crippen molar-refractivity contribution < 1.29 is 15.3 Å². The fourth-order valence-electron chi connectivity index (χ4n) is 2.49. The summed E-state index contributed by atoms with van der Waals surface area (Å²) in [5.41, 5.74) is 20.0. The van der Waals surface area contributed by atoms with Crippen molar-refractivity contribution >= 4 is 34.1 Å². The van der Waals surface area contributed by atoms with Gasteiger partial charge in [0, 0.05) is 17.1 Å². The summed E-state index contributed by atoms with van der Waals surface area (Å²) in [5, 5.41) is 29.0. The fraction of sp³-hybridized carbons (Fsp3) is 0. The van der Waals surface area contributed by atoms with Crippen LogP contribution < -0.4 is 22.1 Å². The smallest absolute Gasteiger partial charge is 0.138 e. The van der Waals surface area contributed by atoms with Crippen molar-refractivity contribution in [1.82, 2.24) is 0 Å². The minimum Gasteiger partial charge on any atom is -0.506 e. The van der Waals surface area contributed by atoms with Gasteiger partial charge in [-0.05, 0) is 54.6 Å². The number of phenolic OH excluding ortho intramolecular Hbond substituents is 3. The summed E-state index contributed by atoms with van der Waals surface area (Å²) in [5.74, 6) is -0.0857. The van der Waals surface area contributed by atoms with Crippen molar-refractivity contribution in [3.05, 3.63) is 54.6 Å². The lowest BCUT2D eigenvalue weighted by molar-refractivity contribution is 0.477. The number of aromatic hydroxyl groups is 3. The Morgan fingerprint density at radius 2 is 0.800 bits per heavy atom. The molecule has 0 aromatic heterocycles. The van der Waals surface area contributed by atoms with Crippen molar-refractivity contribution in [2.75, 3.05) is 22.1 Å². The second-order valence-electron chi connectivity index (χ2n) is 5.56. The zero-order chi connectivity index (χ0) is 18.1. The van der Waals surface area contributed by atoms with E-state index in [0.29, 0.717) is 17.1 Å². The summed E-state index contributed by atoms with van der Waals surface area (Å²) in [4.78, 5) is 1.78. The van der Waals surface area contributed by atoms with E-state index in [2.05, 4.69) is 0 Å². The van der Waals surface area contributed by atoms with Crippen molar-refractivity contribution in [3.63, 3.8) is 0 Å². The molecule has 0 unspecified atom stereocenters. The summed E-state index contributed by atoms with van der Waals surface area (Å²) in [6, 6.07) is 14.3. The maximum atomic E-state index is 9.68. The lowest BCUT2D eigenvalue weighted by Crippen LogP contribution is -2.11. The number of nitrogens with zero attached hydrogens (tertiary/aromatic N) is 1. The molecule has 0 spiro atoms. The lowest BCUT2D eigenvalue weighted by Gasteiger charge is -2.26. The molecule has 3 aromatic carbocycles. The number of hydrogen-bond acceptors (Lipinski definition) is 7. The third-order valence-electron chi connectivity index (χ3n) is 3.81. The maximum Gasteiger partial charge on any atom is 0.138 e. The molecule has 7 heteroatoms. The van der Waals surface area contributed by atoms with E-state index in [1.807, 2.05) is 0 Å². The van der Waals surface area contributed by atoms with Gasteiger partial charge in [0.15, 0.2) is 0 Å². The second kappa shape index (κ2) is 6.04. The quantitative estimate of drug-likeness (QED) is 0.318. The molecule has 0 fully saturated rings. The summed E-state index contributed by atoms with van der Waals surface area (Å²) in [6.07, 6.45) is 0. The van der Waals surface area contributed by atoms with Crippen LogP contribution in [0.1, 0.15) is 0 Å². The maximum absolute atomic E-state index is 9.68. The standard InChI is InChI=1S/C18H18N4O3/c19-13-7-10(1-4-16(13)23)22(11-2-5-17(24)14(20)8-11)12-3-6-18(25)15(21)9-12/h1-9,23-25H,19-21H2. The highest BCUT2D eigenvalue weighted by Gasteiger charge is 2.16. The average molecular weight is 338 g/mol. The topological polar surface area (TPSA) is 142 Å². The predicted octanol–water partition coefficient (Wildman–Crippen LogP) is 3.02. The Hall–Kier alpha value is -3.74. The van der Waals surface area contributed by atoms with E-state index in [0.717, 1.165) is 0 Å². The number of nitrogen functional groups attached to an aromatic ring is 3. The molecule has 0 aliphatic heterocycles. The van der Waals surface area contributed by atoms with Crippen molar-refractivity contribution in [2.45, 2.75) is 0 Å². The molecule has 0 aliphatic rings. The van der Waals surface area contributed by atoms with Crippen molar-refractivity contribution in [3.8, 4) is 17.2 Å². The van der Waals surface area contributed by atoms with Crippen LogP contribution in [0.4, 0.5) is 34.1 Å². The normalized spacial score (nSPS) is 10.6. The summed E-state index contributed by atoms with van der Waals surface area (Å²) >= 11 is 0. The molecular formula is C18H18N4O3. The first kappa shape index (κ1) is 16.1. The third kappa shape index (κ3) is 3.02. The Bertz CT molecular complexity index is 821. The predicted molar refractivity (Wildman–Crippen MR) is 99.4 cm³/mol. The van der Waals surface area contributed by atoms with Gasteiger partial charge >= 0.3 is 0 Å². The van der Waals surface area contributed by atoms with Crippen LogP contribution in [0.2, 0.25) is 0 Å². The largest absolute Gasteiger partial charge is 0.506 e. The van der Waals surface area contributed by atoms with Crippen LogP contribution in [-0.4, -0.2) is 15.3 Å². The van der Waals surface area contributed by atoms with E-state index < -0.39 is 0 Å². The Morgan fingerprint density at radius 3 is 1.04 bits per heavy atom. The van der Waals surface area contributed by atoms with Crippen molar-refractivity contribution in [1.29, 1.82) is 0 Å². The summed E-state index contributed by atoms with van der Waals surface area (Å²) in [6.45, 7) is 0. The minimum atomic E-state index is -0.0286. The van der Waals surface area contributed by atoms with E-state index in [9.17, 15) is 15.3 Å². The monoisotopic (exact) mass is 338 g/mol. The molecule has 0 aliphatic carbocycles. The van der Waals surface area contributed by atoms with Crippen LogP contribution in [0, 0.1) is 0 Å². The van der Waals surface area contributed by atoms with Gasteiger partial charge in [-0.3, -0.25) is 0 Å². The molecular weight excluding hydrogens is 320 g/mol. The van der Waals surface area contributed by atoms with Crippen LogP contribution in [0.3, 0.4) is 0 Å². The SMILES string of the molecule is Nc1cc(N(c2ccc(O)c(N)c2)c2ccc(O)c(N)c2)ccc1O. The molecule has 7 nitrogen and oxygen atoms in total. The lowest BCUT2D eigenvalue weighted by atomic mass is 10.1. The van der Waals surface area contributed by atoms with Crippen LogP contribution in [0.25, 0.3) is 0 Å². The van der Waals surface area contributed by atoms with E-state index in [-0.39, 0.29) is 34.3 Å². The molecule has 25 heavy (non-hydrogen) atoms. The highest BCUT2D eigenvalue weighted by molar-refractivity contribution is 5.82. The van der Waals surface area contributed by atoms with E-state index in [1.54, 1.807) is 41.3 Å². The van der Waals surface area contributed by atoms with Gasteiger partial charge in [-0.1, -0.05) is 0 Å². The van der Waals surface area contributed by atoms with Crippen LogP contribution in [0.15, 0.2) is 54.6 Å². The second-order valence-corrected chi connectivity index (χ2v) is 5.56. The van der Waals surface area contributed by atoms with Crippen LogP contribution in [0.5, 0.6) is 17.2 Å². The van der Waals surface area contributed by atoms with Gasteiger partial charge < -0.3 is 37.4 Å².